The summed E-state index contributed by atoms with van der Waals surface area (Å²) in [6.07, 6.45) is -0.670. The number of nitrogens with one attached hydrogen (secondary N) is 1. The Kier molecular flexibility index (Phi) is 11.4. The molecule has 32 heavy (non-hydrogen) atoms. The van der Waals surface area contributed by atoms with Crippen LogP contribution in [0.4, 0.5) is 10.5 Å². The van der Waals surface area contributed by atoms with Gasteiger partial charge in [-0.25, -0.2) is 4.79 Å². The summed E-state index contributed by atoms with van der Waals surface area (Å²) in [6, 6.07) is 6.85. The number of anilines is 1. The molecule has 1 aromatic carbocycles. The highest BCUT2D eigenvalue weighted by molar-refractivity contribution is 6.18. The molecule has 0 spiro atoms. The highest BCUT2D eigenvalue weighted by atomic mass is 35.5. The zero-order chi connectivity index (χ0) is 24.4. The fourth-order valence-electron chi connectivity index (χ4n) is 2.73. The summed E-state index contributed by atoms with van der Waals surface area (Å²) in [7, 11) is 0. The lowest BCUT2D eigenvalue weighted by molar-refractivity contribution is -0.155. The first-order chi connectivity index (χ1) is 14.8. The molecule has 1 rings (SSSR count). The van der Waals surface area contributed by atoms with Gasteiger partial charge < -0.3 is 24.4 Å². The van der Waals surface area contributed by atoms with Crippen LogP contribution in [0.15, 0.2) is 24.3 Å². The van der Waals surface area contributed by atoms with Gasteiger partial charge in [0.2, 0.25) is 0 Å². The van der Waals surface area contributed by atoms with E-state index in [2.05, 4.69) is 10.2 Å². The minimum absolute atomic E-state index is 0.0478. The fraction of sp³-hybridized carbons (Fsp3) is 0.652. The Balaban J connectivity index is 2.81. The van der Waals surface area contributed by atoms with Gasteiger partial charge >= 0.3 is 12.1 Å². The number of ether oxygens (including phenoxy) is 3. The molecule has 0 fully saturated rings. The average Bonchev–Trinajstić information content (AvgIpc) is 2.63. The van der Waals surface area contributed by atoms with E-state index in [1.54, 1.807) is 41.5 Å². The van der Waals surface area contributed by atoms with Crippen molar-refractivity contribution in [1.82, 2.24) is 5.32 Å². The van der Waals surface area contributed by atoms with Crippen molar-refractivity contribution in [1.29, 1.82) is 0 Å². The van der Waals surface area contributed by atoms with Crippen LogP contribution < -0.4 is 15.0 Å². The molecule has 0 aliphatic heterocycles. The summed E-state index contributed by atoms with van der Waals surface area (Å²) < 4.78 is 16.5. The zero-order valence-corrected chi connectivity index (χ0v) is 21.4. The highest BCUT2D eigenvalue weighted by Gasteiger charge is 2.25. The summed E-state index contributed by atoms with van der Waals surface area (Å²) >= 11 is 11.7. The molecule has 1 atom stereocenters. The van der Waals surface area contributed by atoms with Gasteiger partial charge in [0, 0.05) is 30.5 Å². The van der Waals surface area contributed by atoms with Gasteiger partial charge in [0.1, 0.15) is 23.6 Å². The summed E-state index contributed by atoms with van der Waals surface area (Å²) in [5.74, 6) is 1.16. The molecule has 1 aromatic rings. The van der Waals surface area contributed by atoms with Gasteiger partial charge in [0.05, 0.1) is 12.5 Å². The Bertz CT molecular complexity index is 679. The molecule has 0 aromatic heterocycles. The SMILES string of the molecule is CC(C)(C)OC(=O)C[C@H](COc1ccc(N(CCCl)CCCl)cc1)NC(=O)OC(C)(C)C. The third kappa shape index (κ3) is 12.2. The number of alkyl carbamates (subject to hydrolysis) is 1. The number of esters is 1. The van der Waals surface area contributed by atoms with Gasteiger partial charge in [-0.2, -0.15) is 0 Å². The summed E-state index contributed by atoms with van der Waals surface area (Å²) in [6.45, 7) is 12.1. The third-order valence-corrected chi connectivity index (χ3v) is 4.25. The second-order valence-corrected chi connectivity index (χ2v) is 10.1. The van der Waals surface area contributed by atoms with Crippen molar-refractivity contribution >= 4 is 41.0 Å². The normalized spacial score (nSPS) is 12.6. The number of carbonyl (C=O) groups excluding carboxylic acids is 2. The Morgan fingerprint density at radius 1 is 0.938 bits per heavy atom. The molecular weight excluding hydrogens is 455 g/mol. The molecule has 0 bridgehead atoms. The topological polar surface area (TPSA) is 77.1 Å². The summed E-state index contributed by atoms with van der Waals surface area (Å²) in [4.78, 5) is 26.6. The smallest absolute Gasteiger partial charge is 0.408 e. The molecule has 9 heteroatoms. The fourth-order valence-corrected chi connectivity index (χ4v) is 3.14. The Morgan fingerprint density at radius 3 is 1.94 bits per heavy atom. The van der Waals surface area contributed by atoms with E-state index < -0.39 is 29.3 Å². The lowest BCUT2D eigenvalue weighted by Crippen LogP contribution is -2.44. The van der Waals surface area contributed by atoms with Crippen LogP contribution in [-0.2, 0) is 14.3 Å². The first kappa shape index (κ1) is 28.2. The van der Waals surface area contributed by atoms with Crippen LogP contribution in [0.25, 0.3) is 0 Å². The number of amides is 1. The van der Waals surface area contributed by atoms with Crippen LogP contribution in [0.2, 0.25) is 0 Å². The van der Waals surface area contributed by atoms with Gasteiger partial charge in [0.15, 0.2) is 0 Å². The Morgan fingerprint density at radius 2 is 1.47 bits per heavy atom. The van der Waals surface area contributed by atoms with E-state index in [0.29, 0.717) is 30.6 Å². The van der Waals surface area contributed by atoms with Crippen LogP contribution >= 0.6 is 23.2 Å². The van der Waals surface area contributed by atoms with Gasteiger partial charge in [-0.15, -0.1) is 23.2 Å². The molecular formula is C23H36Cl2N2O5. The minimum atomic E-state index is -0.658. The van der Waals surface area contributed by atoms with E-state index in [4.69, 9.17) is 37.4 Å². The molecule has 0 aliphatic carbocycles. The Hall–Kier alpha value is -1.86. The first-order valence-electron chi connectivity index (χ1n) is 10.6. The molecule has 1 amide bonds. The maximum Gasteiger partial charge on any atom is 0.408 e. The van der Waals surface area contributed by atoms with Gasteiger partial charge in [-0.3, -0.25) is 4.79 Å². The van der Waals surface area contributed by atoms with E-state index in [1.807, 2.05) is 24.3 Å². The number of hydrogen-bond donors (Lipinski definition) is 1. The molecule has 0 heterocycles. The molecule has 0 radical (unpaired) electrons. The molecule has 7 nitrogen and oxygen atoms in total. The number of halogens is 2. The lowest BCUT2D eigenvalue weighted by Gasteiger charge is -2.25. The second kappa shape index (κ2) is 13.0. The van der Waals surface area contributed by atoms with Crippen LogP contribution in [-0.4, -0.2) is 60.8 Å². The van der Waals surface area contributed by atoms with Crippen molar-refractivity contribution in [2.45, 2.75) is 65.2 Å². The van der Waals surface area contributed by atoms with E-state index >= 15 is 0 Å². The average molecular weight is 491 g/mol. The molecule has 0 aliphatic rings. The predicted octanol–water partition coefficient (Wildman–Crippen LogP) is 4.97. The van der Waals surface area contributed by atoms with E-state index in [0.717, 1.165) is 5.69 Å². The van der Waals surface area contributed by atoms with Crippen molar-refractivity contribution in [3.8, 4) is 5.75 Å². The number of benzene rings is 1. The molecule has 0 saturated carbocycles. The zero-order valence-electron chi connectivity index (χ0n) is 19.9. The van der Waals surface area contributed by atoms with Crippen LogP contribution in [0.3, 0.4) is 0 Å². The maximum atomic E-state index is 12.3. The summed E-state index contributed by atoms with van der Waals surface area (Å²) in [5.41, 5.74) is -0.298. The number of carbonyl (C=O) groups is 2. The third-order valence-electron chi connectivity index (χ3n) is 3.92. The molecule has 182 valence electrons. The maximum absolute atomic E-state index is 12.3. The lowest BCUT2D eigenvalue weighted by atomic mass is 10.1. The van der Waals surface area contributed by atoms with Crippen molar-refractivity contribution < 1.29 is 23.8 Å². The van der Waals surface area contributed by atoms with Gasteiger partial charge in [-0.1, -0.05) is 0 Å². The van der Waals surface area contributed by atoms with Gasteiger partial charge in [-0.05, 0) is 65.8 Å². The summed E-state index contributed by atoms with van der Waals surface area (Å²) in [5, 5.41) is 2.70. The standard InChI is InChI=1S/C23H36Cl2N2O5/c1-22(2,3)31-20(28)15-17(26-21(29)32-23(4,5)6)16-30-19-9-7-18(8-10-19)27(13-11-24)14-12-25/h7-10,17H,11-16H2,1-6H3,(H,26,29)/t17-/m1/s1. The highest BCUT2D eigenvalue weighted by Crippen LogP contribution is 2.20. The molecule has 0 unspecified atom stereocenters. The van der Waals surface area contributed by atoms with Crippen LogP contribution in [0.5, 0.6) is 5.75 Å². The van der Waals surface area contributed by atoms with Crippen molar-refractivity contribution in [2.75, 3.05) is 36.4 Å². The van der Waals surface area contributed by atoms with Crippen molar-refractivity contribution in [3.63, 3.8) is 0 Å². The number of hydrogen-bond acceptors (Lipinski definition) is 6. The number of nitrogens with zero attached hydrogens (tertiary/aromatic N) is 1. The number of alkyl halides is 2. The second-order valence-electron chi connectivity index (χ2n) is 9.30. The first-order valence-corrected chi connectivity index (χ1v) is 11.7. The van der Waals surface area contributed by atoms with Gasteiger partial charge in [0.25, 0.3) is 0 Å². The van der Waals surface area contributed by atoms with Crippen LogP contribution in [0, 0.1) is 0 Å². The molecule has 1 N–H and O–H groups in total. The van der Waals surface area contributed by atoms with E-state index in [9.17, 15) is 9.59 Å². The van der Waals surface area contributed by atoms with Crippen LogP contribution in [0.1, 0.15) is 48.0 Å². The quantitative estimate of drug-likeness (QED) is 0.348. The Labute approximate surface area is 201 Å². The van der Waals surface area contributed by atoms with Crippen molar-refractivity contribution in [2.24, 2.45) is 0 Å². The largest absolute Gasteiger partial charge is 0.491 e. The number of rotatable bonds is 11. The monoisotopic (exact) mass is 490 g/mol. The van der Waals surface area contributed by atoms with E-state index in [-0.39, 0.29) is 13.0 Å². The minimum Gasteiger partial charge on any atom is -0.491 e. The van der Waals surface area contributed by atoms with E-state index in [1.165, 1.54) is 0 Å². The van der Waals surface area contributed by atoms with Crippen molar-refractivity contribution in [3.05, 3.63) is 24.3 Å². The predicted molar refractivity (Wildman–Crippen MR) is 129 cm³/mol. The molecule has 0 saturated heterocycles.